The number of hydrogen-bond donors (Lipinski definition) is 1. The van der Waals surface area contributed by atoms with Gasteiger partial charge in [0.05, 0.1) is 6.20 Å². The minimum Gasteiger partial charge on any atom is -0.478 e. The van der Waals surface area contributed by atoms with E-state index in [0.29, 0.717) is 0 Å². The van der Waals surface area contributed by atoms with Crippen LogP contribution in [-0.4, -0.2) is 39.1 Å². The Labute approximate surface area is 80.0 Å². The zero-order chi connectivity index (χ0) is 7.40. The average Bonchev–Trinajstić information content (AvgIpc) is 1.88. The third-order valence-corrected chi connectivity index (χ3v) is 0.982. The predicted molar refractivity (Wildman–Crippen MR) is 40.6 cm³/mol. The quantitative estimate of drug-likeness (QED) is 0.430. The second-order valence-corrected chi connectivity index (χ2v) is 1.82. The van der Waals surface area contributed by atoms with Gasteiger partial charge in [0.2, 0.25) is 0 Å². The van der Waals surface area contributed by atoms with Gasteiger partial charge in [0.15, 0.2) is 6.54 Å². The van der Waals surface area contributed by atoms with Crippen LogP contribution in [0.2, 0.25) is 0 Å². The summed E-state index contributed by atoms with van der Waals surface area (Å²) in [5.74, 6) is -0.863. The largest absolute Gasteiger partial charge is 0.478 e. The lowest BCUT2D eigenvalue weighted by Crippen LogP contribution is -2.37. The van der Waals surface area contributed by atoms with Gasteiger partial charge in [-0.1, -0.05) is 4.98 Å². The third-order valence-electron chi connectivity index (χ3n) is 0.982. The Bertz CT molecular complexity index is 227. The Morgan fingerprint density at radius 3 is 2.82 bits per heavy atom. The lowest BCUT2D eigenvalue weighted by Gasteiger charge is -1.89. The van der Waals surface area contributed by atoms with E-state index in [-0.39, 0.29) is 29.6 Å². The highest BCUT2D eigenvalue weighted by atomic mass is 24.3. The molecule has 0 saturated carbocycles. The molecule has 11 heavy (non-hydrogen) atoms. The molecule has 1 aromatic heterocycles. The van der Waals surface area contributed by atoms with Crippen LogP contribution in [0.5, 0.6) is 0 Å². The van der Waals surface area contributed by atoms with E-state index in [2.05, 4.69) is 4.98 Å². The molecular formula is C6H9MgN2O2+. The first-order valence-corrected chi connectivity index (χ1v) is 2.80. The van der Waals surface area contributed by atoms with E-state index >= 15 is 0 Å². The van der Waals surface area contributed by atoms with Crippen molar-refractivity contribution in [2.24, 2.45) is 0 Å². The standard InChI is InChI=1S/C6H6N2O2.Mg.2H/c9-6(10)4-8-3-1-2-7-5-8;;;/h1-3,5H,4H2;;;/p+1. The fourth-order valence-electron chi connectivity index (χ4n) is 0.611. The summed E-state index contributed by atoms with van der Waals surface area (Å²) in [4.78, 5) is 13.9. The van der Waals surface area contributed by atoms with Crippen molar-refractivity contribution in [1.82, 2.24) is 4.98 Å². The normalized spacial score (nSPS) is 8.36. The molecule has 0 aliphatic carbocycles. The van der Waals surface area contributed by atoms with E-state index in [9.17, 15) is 4.79 Å². The molecule has 0 radical (unpaired) electrons. The van der Waals surface area contributed by atoms with Crippen molar-refractivity contribution in [3.05, 3.63) is 24.8 Å². The highest BCUT2D eigenvalue weighted by molar-refractivity contribution is 5.75. The second-order valence-electron chi connectivity index (χ2n) is 1.82. The number of carbonyl (C=O) groups is 1. The number of carboxylic acid groups (broad SMARTS) is 1. The van der Waals surface area contributed by atoms with E-state index in [1.165, 1.54) is 10.9 Å². The number of rotatable bonds is 2. The van der Waals surface area contributed by atoms with Crippen molar-refractivity contribution in [3.8, 4) is 0 Å². The molecular weight excluding hydrogens is 156 g/mol. The van der Waals surface area contributed by atoms with Crippen LogP contribution < -0.4 is 4.57 Å². The number of aromatic nitrogens is 2. The van der Waals surface area contributed by atoms with Crippen molar-refractivity contribution in [2.75, 3.05) is 0 Å². The summed E-state index contributed by atoms with van der Waals surface area (Å²) in [5, 5.41) is 8.32. The SMILES string of the molecule is O=C(O)C[n+]1cccnc1.[MgH2]. The molecule has 1 rings (SSSR count). The summed E-state index contributed by atoms with van der Waals surface area (Å²) < 4.78 is 1.49. The smallest absolute Gasteiger partial charge is 0.346 e. The molecule has 5 heteroatoms. The van der Waals surface area contributed by atoms with Crippen molar-refractivity contribution >= 4 is 29.0 Å². The molecule has 0 aromatic carbocycles. The topological polar surface area (TPSA) is 54.1 Å². The number of aliphatic carboxylic acids is 1. The summed E-state index contributed by atoms with van der Waals surface area (Å²) in [5.41, 5.74) is 0. The summed E-state index contributed by atoms with van der Waals surface area (Å²) in [6, 6.07) is 1.68. The zero-order valence-electron chi connectivity index (χ0n) is 5.27. The van der Waals surface area contributed by atoms with Crippen molar-refractivity contribution in [2.45, 2.75) is 6.54 Å². The van der Waals surface area contributed by atoms with Crippen LogP contribution in [0, 0.1) is 0 Å². The summed E-state index contributed by atoms with van der Waals surface area (Å²) >= 11 is 0. The Morgan fingerprint density at radius 1 is 1.64 bits per heavy atom. The maximum Gasteiger partial charge on any atom is 0.346 e. The Hall–Kier alpha value is -0.684. The minimum atomic E-state index is -0.863. The number of carboxylic acids is 1. The highest BCUT2D eigenvalue weighted by Crippen LogP contribution is 1.70. The molecule has 0 saturated heterocycles. The van der Waals surface area contributed by atoms with Gasteiger partial charge in [0, 0.05) is 6.07 Å². The second kappa shape index (κ2) is 5.03. The predicted octanol–water partition coefficient (Wildman–Crippen LogP) is -1.46. The van der Waals surface area contributed by atoms with Gasteiger partial charge >= 0.3 is 29.0 Å². The monoisotopic (exact) mass is 165 g/mol. The molecule has 0 unspecified atom stereocenters. The molecule has 0 spiro atoms. The molecule has 56 valence electrons. The highest BCUT2D eigenvalue weighted by Gasteiger charge is 2.00. The van der Waals surface area contributed by atoms with Crippen LogP contribution in [-0.2, 0) is 11.3 Å². The number of nitrogens with zero attached hydrogens (tertiary/aromatic N) is 2. The fourth-order valence-corrected chi connectivity index (χ4v) is 0.611. The molecule has 1 aromatic rings. The van der Waals surface area contributed by atoms with Gasteiger partial charge in [-0.2, -0.15) is 0 Å². The van der Waals surface area contributed by atoms with Crippen LogP contribution in [0.15, 0.2) is 24.8 Å². The van der Waals surface area contributed by atoms with Crippen molar-refractivity contribution < 1.29 is 14.5 Å². The fraction of sp³-hybridized carbons (Fsp3) is 0.167. The number of hydrogen-bond acceptors (Lipinski definition) is 2. The van der Waals surface area contributed by atoms with Gasteiger partial charge < -0.3 is 5.11 Å². The molecule has 1 N–H and O–H groups in total. The first-order valence-electron chi connectivity index (χ1n) is 2.80. The first kappa shape index (κ1) is 10.3. The Kier molecular flexibility index (Phi) is 4.72. The molecule has 0 aliphatic heterocycles. The Balaban J connectivity index is 0.000001000. The van der Waals surface area contributed by atoms with Gasteiger partial charge in [-0.15, -0.1) is 0 Å². The van der Waals surface area contributed by atoms with Gasteiger partial charge in [0.25, 0.3) is 6.33 Å². The van der Waals surface area contributed by atoms with E-state index in [1.54, 1.807) is 18.5 Å². The average molecular weight is 165 g/mol. The molecule has 0 atom stereocenters. The van der Waals surface area contributed by atoms with Crippen LogP contribution in [0.4, 0.5) is 0 Å². The molecule has 0 bridgehead atoms. The van der Waals surface area contributed by atoms with Gasteiger partial charge in [-0.05, 0) is 0 Å². The third kappa shape index (κ3) is 3.89. The van der Waals surface area contributed by atoms with Crippen LogP contribution >= 0.6 is 0 Å². The summed E-state index contributed by atoms with van der Waals surface area (Å²) in [6.07, 6.45) is 4.72. The van der Waals surface area contributed by atoms with E-state index in [1.807, 2.05) is 0 Å². The van der Waals surface area contributed by atoms with Gasteiger partial charge in [-0.3, -0.25) is 0 Å². The van der Waals surface area contributed by atoms with E-state index < -0.39 is 5.97 Å². The van der Waals surface area contributed by atoms with Gasteiger partial charge in [0.1, 0.15) is 6.20 Å². The molecule has 0 amide bonds. The van der Waals surface area contributed by atoms with Crippen molar-refractivity contribution in [3.63, 3.8) is 0 Å². The lowest BCUT2D eigenvalue weighted by atomic mass is 10.6. The molecule has 4 nitrogen and oxygen atoms in total. The Morgan fingerprint density at radius 2 is 2.36 bits per heavy atom. The van der Waals surface area contributed by atoms with E-state index in [4.69, 9.17) is 5.11 Å². The van der Waals surface area contributed by atoms with E-state index in [0.717, 1.165) is 0 Å². The minimum absolute atomic E-state index is 0. The first-order chi connectivity index (χ1) is 4.79. The van der Waals surface area contributed by atoms with Crippen LogP contribution in [0.3, 0.4) is 0 Å². The zero-order valence-corrected chi connectivity index (χ0v) is 5.27. The van der Waals surface area contributed by atoms with Crippen LogP contribution in [0.25, 0.3) is 0 Å². The summed E-state index contributed by atoms with van der Waals surface area (Å²) in [6.45, 7) is -0.0339. The molecule has 0 fully saturated rings. The molecule has 0 aliphatic rings. The lowest BCUT2D eigenvalue weighted by molar-refractivity contribution is -0.688. The molecule has 1 heterocycles. The maximum atomic E-state index is 10.1. The maximum absolute atomic E-state index is 10.1. The summed E-state index contributed by atoms with van der Waals surface area (Å²) in [7, 11) is 0. The van der Waals surface area contributed by atoms with Crippen LogP contribution in [0.1, 0.15) is 0 Å². The van der Waals surface area contributed by atoms with Gasteiger partial charge in [-0.25, -0.2) is 9.36 Å². The van der Waals surface area contributed by atoms with Crippen molar-refractivity contribution in [1.29, 1.82) is 0 Å².